The Hall–Kier alpha value is -2.69. The molecular weight excluding hydrogens is 307 g/mol. The second-order valence-corrected chi connectivity index (χ2v) is 6.31. The van der Waals surface area contributed by atoms with Gasteiger partial charge in [-0.3, -0.25) is 9.59 Å². The van der Waals surface area contributed by atoms with Crippen molar-refractivity contribution in [2.75, 3.05) is 11.9 Å². The van der Waals surface area contributed by atoms with Crippen molar-refractivity contribution in [1.82, 2.24) is 4.90 Å². The van der Waals surface area contributed by atoms with E-state index in [-0.39, 0.29) is 18.2 Å². The zero-order chi connectivity index (χ0) is 16.7. The van der Waals surface area contributed by atoms with Gasteiger partial charge in [-0.05, 0) is 41.3 Å². The highest BCUT2D eigenvalue weighted by Gasteiger charge is 2.34. The topological polar surface area (TPSA) is 49.4 Å². The summed E-state index contributed by atoms with van der Waals surface area (Å²) in [7, 11) is 0. The standard InChI is InChI=1S/C19H17FN2O2/c20-14-5-6-17-15(9-14)16(10-18(23)21-17)19(24)22-8-7-12-3-1-2-4-13(12)11-22/h1-6,9,16H,7-8,10-11H2,(H,21,23). The molecule has 1 N–H and O–H groups in total. The van der Waals surface area contributed by atoms with Crippen molar-refractivity contribution >= 4 is 17.5 Å². The first-order chi connectivity index (χ1) is 11.6. The van der Waals surface area contributed by atoms with Crippen LogP contribution in [0.3, 0.4) is 0 Å². The van der Waals surface area contributed by atoms with E-state index in [1.807, 2.05) is 18.2 Å². The Morgan fingerprint density at radius 2 is 1.96 bits per heavy atom. The van der Waals surface area contributed by atoms with Gasteiger partial charge in [0.05, 0.1) is 5.92 Å². The van der Waals surface area contributed by atoms with Gasteiger partial charge in [-0.2, -0.15) is 0 Å². The highest BCUT2D eigenvalue weighted by Crippen LogP contribution is 2.35. The van der Waals surface area contributed by atoms with Gasteiger partial charge in [0.25, 0.3) is 0 Å². The number of benzene rings is 2. The number of nitrogens with one attached hydrogen (secondary N) is 1. The highest BCUT2D eigenvalue weighted by atomic mass is 19.1. The van der Waals surface area contributed by atoms with Gasteiger partial charge in [0, 0.05) is 25.2 Å². The van der Waals surface area contributed by atoms with Crippen molar-refractivity contribution in [3.8, 4) is 0 Å². The molecule has 0 bridgehead atoms. The summed E-state index contributed by atoms with van der Waals surface area (Å²) in [6.45, 7) is 1.16. The van der Waals surface area contributed by atoms with Gasteiger partial charge in [-0.1, -0.05) is 24.3 Å². The number of carbonyl (C=O) groups is 2. The Morgan fingerprint density at radius 1 is 1.17 bits per heavy atom. The quantitative estimate of drug-likeness (QED) is 0.877. The summed E-state index contributed by atoms with van der Waals surface area (Å²) in [5.74, 6) is -1.32. The molecule has 1 unspecified atom stereocenters. The molecule has 0 radical (unpaired) electrons. The van der Waals surface area contributed by atoms with Crippen LogP contribution in [0.5, 0.6) is 0 Å². The molecule has 2 aliphatic rings. The summed E-state index contributed by atoms with van der Waals surface area (Å²) >= 11 is 0. The third-order valence-corrected chi connectivity index (χ3v) is 4.79. The molecule has 2 aromatic rings. The number of hydrogen-bond acceptors (Lipinski definition) is 2. The summed E-state index contributed by atoms with van der Waals surface area (Å²) < 4.78 is 13.6. The van der Waals surface area contributed by atoms with Gasteiger partial charge in [0.15, 0.2) is 0 Å². The van der Waals surface area contributed by atoms with Gasteiger partial charge in [0.2, 0.25) is 11.8 Å². The van der Waals surface area contributed by atoms with Crippen LogP contribution in [0, 0.1) is 5.82 Å². The first-order valence-electron chi connectivity index (χ1n) is 8.06. The fourth-order valence-electron chi connectivity index (χ4n) is 3.56. The van der Waals surface area contributed by atoms with Gasteiger partial charge in [-0.25, -0.2) is 4.39 Å². The lowest BCUT2D eigenvalue weighted by Crippen LogP contribution is -2.41. The van der Waals surface area contributed by atoms with Crippen LogP contribution < -0.4 is 5.32 Å². The Balaban J connectivity index is 1.64. The van der Waals surface area contributed by atoms with Crippen LogP contribution in [0.4, 0.5) is 10.1 Å². The number of halogens is 1. The van der Waals surface area contributed by atoms with E-state index in [2.05, 4.69) is 11.4 Å². The molecule has 5 heteroatoms. The minimum atomic E-state index is -0.616. The zero-order valence-corrected chi connectivity index (χ0v) is 13.1. The van der Waals surface area contributed by atoms with Crippen molar-refractivity contribution in [2.24, 2.45) is 0 Å². The number of amides is 2. The summed E-state index contributed by atoms with van der Waals surface area (Å²) in [6, 6.07) is 12.2. The van der Waals surface area contributed by atoms with Gasteiger partial charge in [-0.15, -0.1) is 0 Å². The SMILES string of the molecule is O=C1CC(C(=O)N2CCc3ccccc3C2)c2cc(F)ccc2N1. The van der Waals surface area contributed by atoms with E-state index in [1.165, 1.54) is 23.8 Å². The molecule has 0 fully saturated rings. The summed E-state index contributed by atoms with van der Waals surface area (Å²) in [6.07, 6.45) is 0.865. The average molecular weight is 324 g/mol. The minimum absolute atomic E-state index is 0.0629. The third-order valence-electron chi connectivity index (χ3n) is 4.79. The molecule has 0 saturated carbocycles. The molecule has 2 heterocycles. The van der Waals surface area contributed by atoms with Crippen LogP contribution in [-0.4, -0.2) is 23.3 Å². The highest BCUT2D eigenvalue weighted by molar-refractivity contribution is 6.01. The Bertz CT molecular complexity index is 834. The van der Waals surface area contributed by atoms with E-state index >= 15 is 0 Å². The maximum atomic E-state index is 13.6. The molecule has 2 aromatic carbocycles. The van der Waals surface area contributed by atoms with Gasteiger partial charge < -0.3 is 10.2 Å². The van der Waals surface area contributed by atoms with Crippen LogP contribution in [-0.2, 0) is 22.6 Å². The molecule has 4 rings (SSSR count). The van der Waals surface area contributed by atoms with E-state index in [0.29, 0.717) is 24.3 Å². The molecule has 1 atom stereocenters. The molecule has 0 aromatic heterocycles. The lowest BCUT2D eigenvalue weighted by molar-refractivity contribution is -0.135. The molecule has 24 heavy (non-hydrogen) atoms. The number of nitrogens with zero attached hydrogens (tertiary/aromatic N) is 1. The van der Waals surface area contributed by atoms with Gasteiger partial charge >= 0.3 is 0 Å². The average Bonchev–Trinajstić information content (AvgIpc) is 2.60. The van der Waals surface area contributed by atoms with Crippen molar-refractivity contribution < 1.29 is 14.0 Å². The smallest absolute Gasteiger partial charge is 0.231 e. The molecule has 2 aliphatic heterocycles. The summed E-state index contributed by atoms with van der Waals surface area (Å²) in [5, 5.41) is 2.71. The molecule has 122 valence electrons. The van der Waals surface area contributed by atoms with E-state index in [9.17, 15) is 14.0 Å². The Labute approximate surface area is 139 Å². The van der Waals surface area contributed by atoms with Crippen molar-refractivity contribution in [3.05, 3.63) is 65.0 Å². The molecule has 2 amide bonds. The predicted molar refractivity (Wildman–Crippen MR) is 88.0 cm³/mol. The molecule has 0 aliphatic carbocycles. The van der Waals surface area contributed by atoms with Crippen molar-refractivity contribution in [3.63, 3.8) is 0 Å². The number of anilines is 1. The number of rotatable bonds is 1. The number of hydrogen-bond donors (Lipinski definition) is 1. The van der Waals surface area contributed by atoms with Crippen molar-refractivity contribution in [1.29, 1.82) is 0 Å². The maximum Gasteiger partial charge on any atom is 0.231 e. The van der Waals surface area contributed by atoms with E-state index < -0.39 is 11.7 Å². The maximum absolute atomic E-state index is 13.6. The fourth-order valence-corrected chi connectivity index (χ4v) is 3.56. The van der Waals surface area contributed by atoms with E-state index in [1.54, 1.807) is 4.90 Å². The monoisotopic (exact) mass is 324 g/mol. The first kappa shape index (κ1) is 14.9. The Morgan fingerprint density at radius 3 is 2.79 bits per heavy atom. The lowest BCUT2D eigenvalue weighted by Gasteiger charge is -2.33. The van der Waals surface area contributed by atoms with Crippen LogP contribution >= 0.6 is 0 Å². The first-order valence-corrected chi connectivity index (χ1v) is 8.06. The Kier molecular flexibility index (Phi) is 3.56. The van der Waals surface area contributed by atoms with Crippen molar-refractivity contribution in [2.45, 2.75) is 25.3 Å². The lowest BCUT2D eigenvalue weighted by atomic mass is 9.88. The second kappa shape index (κ2) is 5.74. The minimum Gasteiger partial charge on any atom is -0.337 e. The predicted octanol–water partition coefficient (Wildman–Crippen LogP) is 2.84. The van der Waals surface area contributed by atoms with Crippen LogP contribution in [0.1, 0.15) is 29.0 Å². The normalized spacial score (nSPS) is 19.3. The van der Waals surface area contributed by atoms with Gasteiger partial charge in [0.1, 0.15) is 5.82 Å². The second-order valence-electron chi connectivity index (χ2n) is 6.31. The largest absolute Gasteiger partial charge is 0.337 e. The number of carbonyl (C=O) groups excluding carboxylic acids is 2. The number of fused-ring (bicyclic) bond motifs is 2. The molecular formula is C19H17FN2O2. The fraction of sp³-hybridized carbons (Fsp3) is 0.263. The molecule has 0 saturated heterocycles. The summed E-state index contributed by atoms with van der Waals surface area (Å²) in [5.41, 5.74) is 3.49. The van der Waals surface area contributed by atoms with Crippen LogP contribution in [0.15, 0.2) is 42.5 Å². The molecule has 4 nitrogen and oxygen atoms in total. The molecule has 0 spiro atoms. The summed E-state index contributed by atoms with van der Waals surface area (Å²) in [4.78, 5) is 26.7. The zero-order valence-electron chi connectivity index (χ0n) is 13.1. The van der Waals surface area contributed by atoms with E-state index in [4.69, 9.17) is 0 Å². The third kappa shape index (κ3) is 2.56. The van der Waals surface area contributed by atoms with Crippen LogP contribution in [0.25, 0.3) is 0 Å². The van der Waals surface area contributed by atoms with E-state index in [0.717, 1.165) is 12.0 Å². The van der Waals surface area contributed by atoms with Crippen LogP contribution in [0.2, 0.25) is 0 Å².